The van der Waals surface area contributed by atoms with Crippen molar-refractivity contribution in [2.75, 3.05) is 5.73 Å². The first-order chi connectivity index (χ1) is 8.20. The third-order valence-corrected chi connectivity index (χ3v) is 2.98. The predicted molar refractivity (Wildman–Crippen MR) is 78.7 cm³/mol. The minimum Gasteiger partial charge on any atom is -0.398 e. The molecule has 0 aliphatic heterocycles. The Morgan fingerprint density at radius 2 is 1.21 bits per heavy atom. The quantitative estimate of drug-likeness (QED) is 0.649. The van der Waals surface area contributed by atoms with Gasteiger partial charge in [-0.15, -0.1) is 24.8 Å². The molecule has 0 saturated heterocycles. The summed E-state index contributed by atoms with van der Waals surface area (Å²) in [7, 11) is 0. The summed E-state index contributed by atoms with van der Waals surface area (Å²) in [6.45, 7) is 0. The number of ketones is 2. The predicted octanol–water partition coefficient (Wildman–Crippen LogP) is 2.89. The molecule has 5 heteroatoms. The highest BCUT2D eigenvalue weighted by Gasteiger charge is 2.30. The van der Waals surface area contributed by atoms with Crippen molar-refractivity contribution in [1.29, 1.82) is 0 Å². The van der Waals surface area contributed by atoms with Crippen LogP contribution in [0.2, 0.25) is 0 Å². The van der Waals surface area contributed by atoms with Crippen LogP contribution in [-0.2, 0) is 0 Å². The summed E-state index contributed by atoms with van der Waals surface area (Å²) in [4.78, 5) is 24.4. The molecule has 19 heavy (non-hydrogen) atoms. The van der Waals surface area contributed by atoms with Crippen molar-refractivity contribution in [2.45, 2.75) is 0 Å². The van der Waals surface area contributed by atoms with Gasteiger partial charge in [-0.3, -0.25) is 9.59 Å². The van der Waals surface area contributed by atoms with Gasteiger partial charge in [0.2, 0.25) is 0 Å². The smallest absolute Gasteiger partial charge is 0.196 e. The average Bonchev–Trinajstić information content (AvgIpc) is 2.36. The zero-order valence-electron chi connectivity index (χ0n) is 9.75. The first-order valence-electron chi connectivity index (χ1n) is 5.27. The Morgan fingerprint density at radius 1 is 0.684 bits per heavy atom. The number of carbonyl (C=O) groups excluding carboxylic acids is 2. The molecule has 3 rings (SSSR count). The zero-order chi connectivity index (χ0) is 12.0. The molecule has 98 valence electrons. The van der Waals surface area contributed by atoms with Crippen LogP contribution in [0.4, 0.5) is 5.69 Å². The second-order valence-corrected chi connectivity index (χ2v) is 3.97. The van der Waals surface area contributed by atoms with Gasteiger partial charge in [0.15, 0.2) is 11.6 Å². The van der Waals surface area contributed by atoms with Gasteiger partial charge in [0.25, 0.3) is 0 Å². The monoisotopic (exact) mass is 295 g/mol. The SMILES string of the molecule is Cl.Cl.Nc1cccc2c1C(=O)c1ccccc1C2=O. The number of hydrogen-bond donors (Lipinski definition) is 1. The molecule has 0 unspecified atom stereocenters. The van der Waals surface area contributed by atoms with E-state index >= 15 is 0 Å². The maximum atomic E-state index is 12.2. The largest absolute Gasteiger partial charge is 0.398 e. The Kier molecular flexibility index (Phi) is 4.35. The summed E-state index contributed by atoms with van der Waals surface area (Å²) in [6, 6.07) is 11.8. The Morgan fingerprint density at radius 3 is 1.84 bits per heavy atom. The molecule has 0 spiro atoms. The molecule has 0 amide bonds. The second-order valence-electron chi connectivity index (χ2n) is 3.97. The Bertz CT molecular complexity index is 668. The van der Waals surface area contributed by atoms with E-state index in [9.17, 15) is 9.59 Å². The third kappa shape index (κ3) is 2.11. The molecule has 0 aromatic heterocycles. The van der Waals surface area contributed by atoms with Gasteiger partial charge in [-0.2, -0.15) is 0 Å². The van der Waals surface area contributed by atoms with Gasteiger partial charge >= 0.3 is 0 Å². The Balaban J connectivity index is 0.000000902. The van der Waals surface area contributed by atoms with Crippen molar-refractivity contribution in [2.24, 2.45) is 0 Å². The topological polar surface area (TPSA) is 60.2 Å². The first-order valence-corrected chi connectivity index (χ1v) is 5.27. The van der Waals surface area contributed by atoms with E-state index < -0.39 is 0 Å². The standard InChI is InChI=1S/C14H9NO2.2ClH/c15-11-7-3-6-10-12(11)14(17)9-5-2-1-4-8(9)13(10)16;;/h1-7H,15H2;2*1H. The van der Waals surface area contributed by atoms with Crippen LogP contribution < -0.4 is 5.73 Å². The van der Waals surface area contributed by atoms with Gasteiger partial charge < -0.3 is 5.73 Å². The number of carbonyl (C=O) groups is 2. The van der Waals surface area contributed by atoms with Crippen LogP contribution in [0.5, 0.6) is 0 Å². The van der Waals surface area contributed by atoms with E-state index in [1.165, 1.54) is 0 Å². The van der Waals surface area contributed by atoms with E-state index in [2.05, 4.69) is 0 Å². The van der Waals surface area contributed by atoms with E-state index in [0.29, 0.717) is 27.9 Å². The van der Waals surface area contributed by atoms with Crippen molar-refractivity contribution in [3.05, 3.63) is 64.7 Å². The lowest BCUT2D eigenvalue weighted by molar-refractivity contribution is 0.0979. The molecule has 2 aromatic carbocycles. The number of anilines is 1. The number of nitrogens with two attached hydrogens (primary N) is 1. The molecule has 0 atom stereocenters. The molecule has 0 radical (unpaired) electrons. The summed E-state index contributed by atoms with van der Waals surface area (Å²) in [5.74, 6) is -0.309. The van der Waals surface area contributed by atoms with E-state index in [1.54, 1.807) is 42.5 Å². The minimum absolute atomic E-state index is 0. The molecule has 1 aliphatic rings. The van der Waals surface area contributed by atoms with Crippen LogP contribution in [0.25, 0.3) is 0 Å². The lowest BCUT2D eigenvalue weighted by atomic mass is 9.83. The van der Waals surface area contributed by atoms with Crippen LogP contribution in [-0.4, -0.2) is 11.6 Å². The molecule has 2 N–H and O–H groups in total. The molecule has 0 fully saturated rings. The van der Waals surface area contributed by atoms with Gasteiger partial charge in [0.05, 0.1) is 5.56 Å². The van der Waals surface area contributed by atoms with Crippen LogP contribution >= 0.6 is 24.8 Å². The lowest BCUT2D eigenvalue weighted by Crippen LogP contribution is -2.22. The summed E-state index contributed by atoms with van der Waals surface area (Å²) >= 11 is 0. The van der Waals surface area contributed by atoms with Gasteiger partial charge in [-0.25, -0.2) is 0 Å². The van der Waals surface area contributed by atoms with Crippen molar-refractivity contribution in [3.63, 3.8) is 0 Å². The summed E-state index contributed by atoms with van der Waals surface area (Å²) < 4.78 is 0. The van der Waals surface area contributed by atoms with E-state index in [1.807, 2.05) is 0 Å². The Labute approximate surface area is 122 Å². The summed E-state index contributed by atoms with van der Waals surface area (Å²) in [6.07, 6.45) is 0. The fraction of sp³-hybridized carbons (Fsp3) is 0. The van der Waals surface area contributed by atoms with Crippen molar-refractivity contribution in [3.8, 4) is 0 Å². The first kappa shape index (κ1) is 15.2. The van der Waals surface area contributed by atoms with Gasteiger partial charge in [0, 0.05) is 22.4 Å². The van der Waals surface area contributed by atoms with Crippen LogP contribution in [0.15, 0.2) is 42.5 Å². The van der Waals surface area contributed by atoms with Crippen LogP contribution in [0, 0.1) is 0 Å². The number of benzene rings is 2. The van der Waals surface area contributed by atoms with Crippen molar-refractivity contribution >= 4 is 42.1 Å². The van der Waals surface area contributed by atoms with Crippen molar-refractivity contribution < 1.29 is 9.59 Å². The zero-order valence-corrected chi connectivity index (χ0v) is 11.4. The normalized spacial score (nSPS) is 11.8. The molecular weight excluding hydrogens is 285 g/mol. The number of fused-ring (bicyclic) bond motifs is 2. The fourth-order valence-corrected chi connectivity index (χ4v) is 2.17. The lowest BCUT2D eigenvalue weighted by Gasteiger charge is -2.18. The van der Waals surface area contributed by atoms with Gasteiger partial charge in [-0.1, -0.05) is 36.4 Å². The highest BCUT2D eigenvalue weighted by Crippen LogP contribution is 2.30. The second kappa shape index (κ2) is 5.43. The van der Waals surface area contributed by atoms with Crippen LogP contribution in [0.1, 0.15) is 31.8 Å². The fourth-order valence-electron chi connectivity index (χ4n) is 2.17. The minimum atomic E-state index is -0.173. The van der Waals surface area contributed by atoms with E-state index in [0.717, 1.165) is 0 Å². The molecule has 1 aliphatic carbocycles. The van der Waals surface area contributed by atoms with Gasteiger partial charge in [-0.05, 0) is 6.07 Å². The number of rotatable bonds is 0. The molecule has 3 nitrogen and oxygen atoms in total. The number of nitrogen functional groups attached to an aromatic ring is 1. The Hall–Kier alpha value is -1.84. The molecule has 0 bridgehead atoms. The maximum absolute atomic E-state index is 12.2. The van der Waals surface area contributed by atoms with E-state index in [4.69, 9.17) is 5.73 Å². The molecule has 0 saturated carbocycles. The van der Waals surface area contributed by atoms with E-state index in [-0.39, 0.29) is 36.4 Å². The maximum Gasteiger partial charge on any atom is 0.196 e. The van der Waals surface area contributed by atoms with Crippen LogP contribution in [0.3, 0.4) is 0 Å². The highest BCUT2D eigenvalue weighted by molar-refractivity contribution is 6.29. The molecule has 0 heterocycles. The summed E-state index contributed by atoms with van der Waals surface area (Å²) in [5.41, 5.74) is 7.75. The van der Waals surface area contributed by atoms with Gasteiger partial charge in [0.1, 0.15) is 0 Å². The number of halogens is 2. The highest BCUT2D eigenvalue weighted by atomic mass is 35.5. The third-order valence-electron chi connectivity index (χ3n) is 2.98. The summed E-state index contributed by atoms with van der Waals surface area (Å²) in [5, 5.41) is 0. The molecule has 2 aromatic rings. The van der Waals surface area contributed by atoms with Crippen molar-refractivity contribution in [1.82, 2.24) is 0 Å². The number of hydrogen-bond acceptors (Lipinski definition) is 3. The molecular formula is C14H11Cl2NO2. The average molecular weight is 296 g/mol.